The average molecular weight is 332 g/mol. The lowest BCUT2D eigenvalue weighted by Crippen LogP contribution is -2.37. The van der Waals surface area contributed by atoms with Gasteiger partial charge in [-0.15, -0.1) is 0 Å². The Balaban J connectivity index is 3.42. The van der Waals surface area contributed by atoms with Gasteiger partial charge in [-0.2, -0.15) is 9.57 Å². The molecule has 0 aliphatic rings. The molecule has 0 aliphatic carbocycles. The number of hydrogen-bond acceptors (Lipinski definition) is 5. The lowest BCUT2D eigenvalue weighted by atomic mass is 10.3. The predicted octanol–water partition coefficient (Wildman–Crippen LogP) is 2.56. The normalized spacial score (nSPS) is 11.6. The van der Waals surface area contributed by atoms with Crippen LogP contribution in [-0.2, 0) is 10.0 Å². The largest absolute Gasteiger partial charge is 0.290 e. The van der Waals surface area contributed by atoms with E-state index in [2.05, 4.69) is 0 Å². The number of nitriles is 1. The molecule has 0 heterocycles. The molecule has 21 heavy (non-hydrogen) atoms. The van der Waals surface area contributed by atoms with Crippen molar-refractivity contribution < 1.29 is 13.3 Å². The van der Waals surface area contributed by atoms with E-state index < -0.39 is 31.6 Å². The Morgan fingerprint density at radius 1 is 1.48 bits per heavy atom. The molecule has 7 nitrogen and oxygen atoms in total. The molecule has 9 heteroatoms. The summed E-state index contributed by atoms with van der Waals surface area (Å²) in [6.07, 6.45) is -0.00119. The molecule has 0 aliphatic heterocycles. The van der Waals surface area contributed by atoms with Crippen LogP contribution in [0.4, 0.5) is 5.69 Å². The number of halogens is 1. The van der Waals surface area contributed by atoms with Crippen LogP contribution >= 0.6 is 11.6 Å². The zero-order valence-electron chi connectivity index (χ0n) is 11.5. The maximum atomic E-state index is 12.6. The number of rotatable bonds is 6. The first-order valence-corrected chi connectivity index (χ1v) is 7.86. The Bertz CT molecular complexity index is 682. The molecule has 0 fully saturated rings. The van der Waals surface area contributed by atoms with Crippen molar-refractivity contribution in [3.05, 3.63) is 33.3 Å². The molecule has 0 saturated heterocycles. The van der Waals surface area contributed by atoms with Crippen molar-refractivity contribution in [1.29, 1.82) is 5.26 Å². The first kappa shape index (κ1) is 17.4. The zero-order valence-corrected chi connectivity index (χ0v) is 13.1. The third kappa shape index (κ3) is 3.91. The van der Waals surface area contributed by atoms with Crippen LogP contribution in [0.15, 0.2) is 23.1 Å². The molecule has 0 unspecified atom stereocenters. The van der Waals surface area contributed by atoms with Crippen LogP contribution in [0.1, 0.15) is 20.3 Å². The number of hydrogen-bond donors (Lipinski definition) is 0. The summed E-state index contributed by atoms with van der Waals surface area (Å²) >= 11 is 5.68. The highest BCUT2D eigenvalue weighted by Crippen LogP contribution is 2.30. The molecule has 1 aromatic rings. The summed E-state index contributed by atoms with van der Waals surface area (Å²) in [6.45, 7) is 3.24. The van der Waals surface area contributed by atoms with Crippen molar-refractivity contribution in [3.8, 4) is 6.07 Å². The third-order valence-corrected chi connectivity index (χ3v) is 5.08. The van der Waals surface area contributed by atoms with Gasteiger partial charge in [-0.1, -0.05) is 11.6 Å². The van der Waals surface area contributed by atoms with E-state index in [1.807, 2.05) is 6.07 Å². The fourth-order valence-electron chi connectivity index (χ4n) is 1.79. The molecular formula is C12H14ClN3O4S. The smallest absolute Gasteiger partial charge is 0.258 e. The minimum Gasteiger partial charge on any atom is -0.258 e. The molecule has 0 atom stereocenters. The first-order valence-electron chi connectivity index (χ1n) is 6.04. The summed E-state index contributed by atoms with van der Waals surface area (Å²) in [7, 11) is -4.08. The van der Waals surface area contributed by atoms with Gasteiger partial charge in [-0.3, -0.25) is 10.1 Å². The van der Waals surface area contributed by atoms with Gasteiger partial charge in [0.1, 0.15) is 0 Å². The predicted molar refractivity (Wildman–Crippen MR) is 77.4 cm³/mol. The van der Waals surface area contributed by atoms with Gasteiger partial charge < -0.3 is 0 Å². The number of nitro groups is 1. The summed E-state index contributed by atoms with van der Waals surface area (Å²) in [5.74, 6) is 0. The highest BCUT2D eigenvalue weighted by Gasteiger charge is 2.33. The van der Waals surface area contributed by atoms with Gasteiger partial charge in [-0.25, -0.2) is 8.42 Å². The topological polar surface area (TPSA) is 104 Å². The molecule has 0 aromatic heterocycles. The van der Waals surface area contributed by atoms with Gasteiger partial charge in [0.05, 0.1) is 11.0 Å². The quantitative estimate of drug-likeness (QED) is 0.588. The van der Waals surface area contributed by atoms with E-state index >= 15 is 0 Å². The summed E-state index contributed by atoms with van der Waals surface area (Å²) in [5.41, 5.74) is -0.579. The maximum Gasteiger partial charge on any atom is 0.290 e. The lowest BCUT2D eigenvalue weighted by molar-refractivity contribution is -0.387. The standard InChI is InChI=1S/C12H14ClN3O4S/c1-9(2)15(7-3-6-14)21(19,20)12-5-4-10(13)8-11(12)16(17)18/h4-5,8-9H,3,7H2,1-2H3. The van der Waals surface area contributed by atoms with Gasteiger partial charge in [-0.05, 0) is 26.0 Å². The lowest BCUT2D eigenvalue weighted by Gasteiger charge is -2.24. The van der Waals surface area contributed by atoms with Crippen LogP contribution in [0, 0.1) is 21.4 Å². The monoisotopic (exact) mass is 331 g/mol. The zero-order chi connectivity index (χ0) is 16.2. The van der Waals surface area contributed by atoms with E-state index in [1.54, 1.807) is 13.8 Å². The summed E-state index contributed by atoms with van der Waals surface area (Å²) in [5, 5.41) is 19.7. The van der Waals surface area contributed by atoms with Crippen LogP contribution in [0.25, 0.3) is 0 Å². The fourth-order valence-corrected chi connectivity index (χ4v) is 3.74. The third-order valence-electron chi connectivity index (χ3n) is 2.72. The SMILES string of the molecule is CC(C)N(CCC#N)S(=O)(=O)c1ccc(Cl)cc1[N+](=O)[O-]. The van der Waals surface area contributed by atoms with Gasteiger partial charge in [0, 0.05) is 30.1 Å². The van der Waals surface area contributed by atoms with E-state index in [4.69, 9.17) is 16.9 Å². The highest BCUT2D eigenvalue weighted by atomic mass is 35.5. The average Bonchev–Trinajstić information content (AvgIpc) is 2.37. The van der Waals surface area contributed by atoms with Crippen LogP contribution in [-0.4, -0.2) is 30.2 Å². The maximum absolute atomic E-state index is 12.6. The molecular weight excluding hydrogens is 318 g/mol. The summed E-state index contributed by atoms with van der Waals surface area (Å²) in [4.78, 5) is 9.82. The molecule has 0 bridgehead atoms. The first-order chi connectivity index (χ1) is 9.71. The fraction of sp³-hybridized carbons (Fsp3) is 0.417. The van der Waals surface area contributed by atoms with Crippen molar-refractivity contribution in [3.63, 3.8) is 0 Å². The van der Waals surface area contributed by atoms with Crippen molar-refractivity contribution in [2.45, 2.75) is 31.2 Å². The van der Waals surface area contributed by atoms with Gasteiger partial charge in [0.25, 0.3) is 5.69 Å². The van der Waals surface area contributed by atoms with Crippen LogP contribution in [0.2, 0.25) is 5.02 Å². The van der Waals surface area contributed by atoms with Gasteiger partial charge >= 0.3 is 0 Å². The molecule has 0 N–H and O–H groups in total. The van der Waals surface area contributed by atoms with Crippen molar-refractivity contribution in [2.75, 3.05) is 6.54 Å². The Hall–Kier alpha value is -1.69. The number of nitrogens with zero attached hydrogens (tertiary/aromatic N) is 3. The Labute approximate surface area is 127 Å². The van der Waals surface area contributed by atoms with Gasteiger partial charge in [0.15, 0.2) is 4.90 Å². The van der Waals surface area contributed by atoms with E-state index in [0.717, 1.165) is 16.4 Å². The Morgan fingerprint density at radius 3 is 2.57 bits per heavy atom. The summed E-state index contributed by atoms with van der Waals surface area (Å²) < 4.78 is 26.2. The minimum atomic E-state index is -4.08. The molecule has 0 saturated carbocycles. The van der Waals surface area contributed by atoms with E-state index in [1.165, 1.54) is 6.07 Å². The van der Waals surface area contributed by atoms with Crippen LogP contribution in [0.5, 0.6) is 0 Å². The number of benzene rings is 1. The molecule has 0 radical (unpaired) electrons. The second kappa shape index (κ2) is 6.85. The van der Waals surface area contributed by atoms with E-state index in [9.17, 15) is 18.5 Å². The number of nitro benzene ring substituents is 1. The second-order valence-corrected chi connectivity index (χ2v) is 6.78. The van der Waals surface area contributed by atoms with Gasteiger partial charge in [0.2, 0.25) is 10.0 Å². The van der Waals surface area contributed by atoms with E-state index in [0.29, 0.717) is 0 Å². The number of sulfonamides is 1. The second-order valence-electron chi connectivity index (χ2n) is 4.49. The van der Waals surface area contributed by atoms with Crippen molar-refractivity contribution in [2.24, 2.45) is 0 Å². The summed E-state index contributed by atoms with van der Waals surface area (Å²) in [6, 6.07) is 4.82. The Kier molecular flexibility index (Phi) is 5.66. The molecule has 1 aromatic carbocycles. The van der Waals surface area contributed by atoms with E-state index in [-0.39, 0.29) is 18.0 Å². The highest BCUT2D eigenvalue weighted by molar-refractivity contribution is 7.89. The molecule has 114 valence electrons. The van der Waals surface area contributed by atoms with Crippen LogP contribution < -0.4 is 0 Å². The minimum absolute atomic E-state index is 0.00119. The molecule has 0 amide bonds. The molecule has 1 rings (SSSR count). The molecule has 0 spiro atoms. The van der Waals surface area contributed by atoms with Crippen molar-refractivity contribution in [1.82, 2.24) is 4.31 Å². The van der Waals surface area contributed by atoms with Crippen LogP contribution in [0.3, 0.4) is 0 Å². The Morgan fingerprint density at radius 2 is 2.10 bits per heavy atom. The van der Waals surface area contributed by atoms with Crippen molar-refractivity contribution >= 4 is 27.3 Å².